The molecule has 1 atom stereocenters. The minimum Gasteiger partial charge on any atom is -0.497 e. The summed E-state index contributed by atoms with van der Waals surface area (Å²) in [5.41, 5.74) is 3.93. The highest BCUT2D eigenvalue weighted by Gasteiger charge is 2.31. The number of amides is 2. The molecule has 0 aliphatic carbocycles. The number of hydrazone groups is 1. The Morgan fingerprint density at radius 1 is 1.35 bits per heavy atom. The highest BCUT2D eigenvalue weighted by Crippen LogP contribution is 2.33. The topological polar surface area (TPSA) is 71.0 Å². The molecule has 0 saturated carbocycles. The first kappa shape index (κ1) is 15.5. The number of ether oxygens (including phenoxy) is 1. The van der Waals surface area contributed by atoms with Crippen LogP contribution in [0.25, 0.3) is 0 Å². The zero-order valence-electron chi connectivity index (χ0n) is 13.2. The number of nitrogens with one attached hydrogen (secondary N) is 1. The number of nitrogens with zero attached hydrogens (tertiary/aromatic N) is 2. The molecule has 3 rings (SSSR count). The zero-order chi connectivity index (χ0) is 16.2. The summed E-state index contributed by atoms with van der Waals surface area (Å²) < 4.78 is 5.29. The van der Waals surface area contributed by atoms with E-state index in [1.54, 1.807) is 7.11 Å². The fourth-order valence-corrected chi connectivity index (χ4v) is 3.16. The molecule has 1 fully saturated rings. The molecular formula is C17H21N3O3. The zero-order valence-corrected chi connectivity index (χ0v) is 13.2. The number of hydrogen-bond donors (Lipinski definition) is 1. The van der Waals surface area contributed by atoms with E-state index in [4.69, 9.17) is 4.74 Å². The van der Waals surface area contributed by atoms with Crippen LogP contribution in [0.4, 0.5) is 0 Å². The van der Waals surface area contributed by atoms with Crippen molar-refractivity contribution in [2.75, 3.05) is 13.7 Å². The summed E-state index contributed by atoms with van der Waals surface area (Å²) in [6, 6.07) is 7.90. The molecule has 1 aromatic carbocycles. The third-order valence-corrected chi connectivity index (χ3v) is 4.39. The summed E-state index contributed by atoms with van der Waals surface area (Å²) in [7, 11) is 1.64. The van der Waals surface area contributed by atoms with Gasteiger partial charge in [-0.2, -0.15) is 5.10 Å². The van der Waals surface area contributed by atoms with E-state index in [2.05, 4.69) is 10.5 Å². The first-order valence-electron chi connectivity index (χ1n) is 7.99. The van der Waals surface area contributed by atoms with Crippen LogP contribution in [0.2, 0.25) is 0 Å². The summed E-state index contributed by atoms with van der Waals surface area (Å²) in [6.45, 7) is 0.716. The average Bonchev–Trinajstić information content (AvgIpc) is 2.62. The second-order valence-electron chi connectivity index (χ2n) is 5.88. The lowest BCUT2D eigenvalue weighted by Crippen LogP contribution is -2.44. The Bertz CT molecular complexity index is 642. The first-order chi connectivity index (χ1) is 11.2. The monoisotopic (exact) mass is 315 g/mol. The summed E-state index contributed by atoms with van der Waals surface area (Å²) in [5.74, 6) is 0.588. The molecule has 2 heterocycles. The Labute approximate surface area is 135 Å². The van der Waals surface area contributed by atoms with Crippen LogP contribution >= 0.6 is 0 Å². The van der Waals surface area contributed by atoms with E-state index >= 15 is 0 Å². The van der Waals surface area contributed by atoms with Gasteiger partial charge >= 0.3 is 0 Å². The summed E-state index contributed by atoms with van der Waals surface area (Å²) in [5, 5.41) is 3.95. The third kappa shape index (κ3) is 3.36. The van der Waals surface area contributed by atoms with E-state index in [9.17, 15) is 9.59 Å². The van der Waals surface area contributed by atoms with Gasteiger partial charge in [0.25, 0.3) is 5.91 Å². The van der Waals surface area contributed by atoms with Gasteiger partial charge in [-0.1, -0.05) is 12.1 Å². The molecule has 6 heteroatoms. The van der Waals surface area contributed by atoms with Gasteiger partial charge in [-0.3, -0.25) is 9.59 Å². The Balaban J connectivity index is 1.83. The molecule has 122 valence electrons. The molecule has 1 aromatic rings. The second kappa shape index (κ2) is 6.81. The molecule has 1 saturated heterocycles. The first-order valence-corrected chi connectivity index (χ1v) is 7.99. The smallest absolute Gasteiger partial charge is 0.270 e. The number of benzene rings is 1. The number of likely N-dealkylation sites (tertiary alicyclic amines) is 1. The van der Waals surface area contributed by atoms with Gasteiger partial charge in [0.05, 0.1) is 13.2 Å². The van der Waals surface area contributed by atoms with Gasteiger partial charge in [0.2, 0.25) is 5.91 Å². The van der Waals surface area contributed by atoms with E-state index in [1.165, 1.54) is 0 Å². The van der Waals surface area contributed by atoms with Gasteiger partial charge in [0.1, 0.15) is 11.5 Å². The van der Waals surface area contributed by atoms with Gasteiger partial charge < -0.3 is 9.64 Å². The molecule has 6 nitrogen and oxygen atoms in total. The fourth-order valence-electron chi connectivity index (χ4n) is 3.16. The Morgan fingerprint density at radius 3 is 2.96 bits per heavy atom. The van der Waals surface area contributed by atoms with Gasteiger partial charge in [0.15, 0.2) is 0 Å². The number of hydrogen-bond acceptors (Lipinski definition) is 4. The Morgan fingerprint density at radius 2 is 2.22 bits per heavy atom. The van der Waals surface area contributed by atoms with E-state index in [0.717, 1.165) is 30.6 Å². The fraction of sp³-hybridized carbons (Fsp3) is 0.471. The predicted molar refractivity (Wildman–Crippen MR) is 86.1 cm³/mol. The SMILES string of the molecule is COc1cccc([C@H]2CCCCN2C(=O)C2=NNC(=O)CC2)c1. The molecule has 2 aliphatic heterocycles. The second-order valence-corrected chi connectivity index (χ2v) is 5.88. The van der Waals surface area contributed by atoms with Crippen LogP contribution < -0.4 is 10.2 Å². The normalized spacial score (nSPS) is 21.4. The van der Waals surface area contributed by atoms with E-state index in [0.29, 0.717) is 25.1 Å². The Hall–Kier alpha value is -2.37. The molecule has 1 N–H and O–H groups in total. The number of methoxy groups -OCH3 is 1. The number of piperidine rings is 1. The maximum atomic E-state index is 12.8. The maximum absolute atomic E-state index is 12.8. The maximum Gasteiger partial charge on any atom is 0.270 e. The van der Waals surface area contributed by atoms with Crippen molar-refractivity contribution in [2.24, 2.45) is 5.10 Å². The third-order valence-electron chi connectivity index (χ3n) is 4.39. The molecule has 0 aromatic heterocycles. The summed E-state index contributed by atoms with van der Waals surface area (Å²) >= 11 is 0. The van der Waals surface area contributed by atoms with E-state index in [1.807, 2.05) is 29.2 Å². The molecule has 0 spiro atoms. The highest BCUT2D eigenvalue weighted by atomic mass is 16.5. The molecular weight excluding hydrogens is 294 g/mol. The Kier molecular flexibility index (Phi) is 4.60. The number of carbonyl (C=O) groups excluding carboxylic acids is 2. The van der Waals surface area contributed by atoms with Crippen molar-refractivity contribution in [2.45, 2.75) is 38.1 Å². The minimum atomic E-state index is -0.135. The van der Waals surface area contributed by atoms with Crippen molar-refractivity contribution < 1.29 is 14.3 Å². The van der Waals surface area contributed by atoms with Crippen LogP contribution in [0.1, 0.15) is 43.7 Å². The molecule has 2 amide bonds. The highest BCUT2D eigenvalue weighted by molar-refractivity contribution is 6.39. The van der Waals surface area contributed by atoms with Crippen molar-refractivity contribution in [3.63, 3.8) is 0 Å². The lowest BCUT2D eigenvalue weighted by Gasteiger charge is -2.36. The standard InChI is InChI=1S/C17H21N3O3/c1-23-13-6-4-5-12(11-13)15-7-2-3-10-20(15)17(22)14-8-9-16(21)19-18-14/h4-6,11,15H,2-3,7-10H2,1H3,(H,19,21)/t15-/m1/s1. The lowest BCUT2D eigenvalue weighted by atomic mass is 9.94. The van der Waals surface area contributed by atoms with Crippen LogP contribution in [-0.4, -0.2) is 36.1 Å². The summed E-state index contributed by atoms with van der Waals surface area (Å²) in [4.78, 5) is 25.9. The van der Waals surface area contributed by atoms with Crippen molar-refractivity contribution in [1.82, 2.24) is 10.3 Å². The van der Waals surface area contributed by atoms with Crippen molar-refractivity contribution in [3.8, 4) is 5.75 Å². The lowest BCUT2D eigenvalue weighted by molar-refractivity contribution is -0.128. The average molecular weight is 315 g/mol. The van der Waals surface area contributed by atoms with Gasteiger partial charge in [-0.15, -0.1) is 0 Å². The van der Waals surface area contributed by atoms with Crippen LogP contribution in [0.3, 0.4) is 0 Å². The minimum absolute atomic E-state index is 0.0340. The molecule has 0 unspecified atom stereocenters. The van der Waals surface area contributed by atoms with Gasteiger partial charge in [-0.05, 0) is 37.0 Å². The van der Waals surface area contributed by atoms with Crippen molar-refractivity contribution in [1.29, 1.82) is 0 Å². The van der Waals surface area contributed by atoms with Crippen LogP contribution in [-0.2, 0) is 9.59 Å². The van der Waals surface area contributed by atoms with Crippen LogP contribution in [0.15, 0.2) is 29.4 Å². The number of rotatable bonds is 3. The molecule has 0 radical (unpaired) electrons. The number of carbonyl (C=O) groups is 2. The van der Waals surface area contributed by atoms with Gasteiger partial charge in [0, 0.05) is 19.4 Å². The van der Waals surface area contributed by atoms with Gasteiger partial charge in [-0.25, -0.2) is 5.43 Å². The van der Waals surface area contributed by atoms with Crippen molar-refractivity contribution >= 4 is 17.5 Å². The van der Waals surface area contributed by atoms with E-state index < -0.39 is 0 Å². The molecule has 23 heavy (non-hydrogen) atoms. The predicted octanol–water partition coefficient (Wildman–Crippen LogP) is 2.01. The molecule has 2 aliphatic rings. The van der Waals surface area contributed by atoms with Crippen molar-refractivity contribution in [3.05, 3.63) is 29.8 Å². The van der Waals surface area contributed by atoms with Crippen LogP contribution in [0, 0.1) is 0 Å². The van der Waals surface area contributed by atoms with E-state index in [-0.39, 0.29) is 17.9 Å². The van der Waals surface area contributed by atoms with Crippen LogP contribution in [0.5, 0.6) is 5.75 Å². The summed E-state index contributed by atoms with van der Waals surface area (Å²) in [6.07, 6.45) is 3.74. The largest absolute Gasteiger partial charge is 0.497 e. The molecule has 0 bridgehead atoms. The quantitative estimate of drug-likeness (QED) is 0.927.